The van der Waals surface area contributed by atoms with Gasteiger partial charge in [-0.05, 0) is 51.9 Å². The highest BCUT2D eigenvalue weighted by atomic mass is 32.2. The van der Waals surface area contributed by atoms with Crippen LogP contribution in [0.4, 0.5) is 0 Å². The third-order valence-electron chi connectivity index (χ3n) is 3.28. The average Bonchev–Trinajstić information content (AvgIpc) is 2.30. The second-order valence-electron chi connectivity index (χ2n) is 5.09. The first-order valence-corrected chi connectivity index (χ1v) is 8.81. The Morgan fingerprint density at radius 2 is 1.89 bits per heavy atom. The molecule has 0 aromatic heterocycles. The molecule has 1 heterocycles. The van der Waals surface area contributed by atoms with Crippen LogP contribution in [0.3, 0.4) is 0 Å². The molecule has 1 aliphatic heterocycles. The van der Waals surface area contributed by atoms with E-state index in [9.17, 15) is 8.42 Å². The van der Waals surface area contributed by atoms with Gasteiger partial charge in [-0.3, -0.25) is 0 Å². The molecule has 0 unspecified atom stereocenters. The van der Waals surface area contributed by atoms with E-state index in [4.69, 9.17) is 0 Å². The molecule has 5 nitrogen and oxygen atoms in total. The SMILES string of the molecule is CCCN1CCC(NCCCNS(C)(=O)=O)CC1. The third-order valence-corrected chi connectivity index (χ3v) is 4.01. The molecular weight excluding hydrogens is 250 g/mol. The van der Waals surface area contributed by atoms with Gasteiger partial charge in [-0.1, -0.05) is 6.92 Å². The second-order valence-corrected chi connectivity index (χ2v) is 6.92. The molecule has 6 heteroatoms. The minimum atomic E-state index is -3.03. The third kappa shape index (κ3) is 7.31. The Bertz CT molecular complexity index is 311. The van der Waals surface area contributed by atoms with Crippen LogP contribution in [0.5, 0.6) is 0 Å². The number of hydrogen-bond donors (Lipinski definition) is 2. The topological polar surface area (TPSA) is 61.4 Å². The van der Waals surface area contributed by atoms with Crippen molar-refractivity contribution in [3.8, 4) is 0 Å². The van der Waals surface area contributed by atoms with Gasteiger partial charge in [0, 0.05) is 12.6 Å². The number of likely N-dealkylation sites (tertiary alicyclic amines) is 1. The Morgan fingerprint density at radius 1 is 1.22 bits per heavy atom. The number of rotatable bonds is 8. The molecule has 0 atom stereocenters. The van der Waals surface area contributed by atoms with E-state index in [1.54, 1.807) is 0 Å². The zero-order chi connectivity index (χ0) is 13.4. The Kier molecular flexibility index (Phi) is 7.14. The van der Waals surface area contributed by atoms with Crippen molar-refractivity contribution in [2.24, 2.45) is 0 Å². The molecule has 2 N–H and O–H groups in total. The van der Waals surface area contributed by atoms with E-state index in [1.807, 2.05) is 0 Å². The highest BCUT2D eigenvalue weighted by molar-refractivity contribution is 7.88. The predicted octanol–water partition coefficient (Wildman–Crippen LogP) is 0.390. The van der Waals surface area contributed by atoms with Gasteiger partial charge in [-0.25, -0.2) is 13.1 Å². The van der Waals surface area contributed by atoms with Gasteiger partial charge in [-0.2, -0.15) is 0 Å². The fourth-order valence-corrected chi connectivity index (χ4v) is 2.84. The first-order valence-electron chi connectivity index (χ1n) is 6.91. The number of nitrogens with zero attached hydrogens (tertiary/aromatic N) is 1. The second kappa shape index (κ2) is 8.09. The van der Waals surface area contributed by atoms with Gasteiger partial charge in [0.05, 0.1) is 6.26 Å². The summed E-state index contributed by atoms with van der Waals surface area (Å²) in [4.78, 5) is 2.52. The first-order chi connectivity index (χ1) is 8.51. The van der Waals surface area contributed by atoms with Crippen LogP contribution >= 0.6 is 0 Å². The molecule has 0 bridgehead atoms. The van der Waals surface area contributed by atoms with Crippen molar-refractivity contribution in [3.63, 3.8) is 0 Å². The summed E-state index contributed by atoms with van der Waals surface area (Å²) in [5, 5.41) is 3.51. The molecule has 1 rings (SSSR count). The van der Waals surface area contributed by atoms with E-state index >= 15 is 0 Å². The molecule has 1 saturated heterocycles. The van der Waals surface area contributed by atoms with Gasteiger partial charge < -0.3 is 10.2 Å². The molecule has 18 heavy (non-hydrogen) atoms. The fourth-order valence-electron chi connectivity index (χ4n) is 2.33. The minimum Gasteiger partial charge on any atom is -0.314 e. The van der Waals surface area contributed by atoms with E-state index in [1.165, 1.54) is 45.2 Å². The van der Waals surface area contributed by atoms with Crippen LogP contribution < -0.4 is 10.0 Å². The summed E-state index contributed by atoms with van der Waals surface area (Å²) < 4.78 is 24.2. The molecule has 0 amide bonds. The maximum Gasteiger partial charge on any atom is 0.208 e. The molecule has 0 aliphatic carbocycles. The maximum absolute atomic E-state index is 10.9. The van der Waals surface area contributed by atoms with Gasteiger partial charge in [-0.15, -0.1) is 0 Å². The van der Waals surface area contributed by atoms with E-state index in [0.717, 1.165) is 13.0 Å². The number of sulfonamides is 1. The summed E-state index contributed by atoms with van der Waals surface area (Å²) in [6.07, 6.45) is 5.69. The molecule has 1 aliphatic rings. The Balaban J connectivity index is 2.01. The van der Waals surface area contributed by atoms with Gasteiger partial charge >= 0.3 is 0 Å². The molecular formula is C12H27N3O2S. The van der Waals surface area contributed by atoms with Gasteiger partial charge in [0.2, 0.25) is 10.0 Å². The van der Waals surface area contributed by atoms with Crippen molar-refractivity contribution in [2.75, 3.05) is 39.0 Å². The van der Waals surface area contributed by atoms with Crippen molar-refractivity contribution < 1.29 is 8.42 Å². The van der Waals surface area contributed by atoms with Crippen molar-refractivity contribution in [1.29, 1.82) is 0 Å². The smallest absolute Gasteiger partial charge is 0.208 e. The highest BCUT2D eigenvalue weighted by Gasteiger charge is 2.17. The quantitative estimate of drug-likeness (QED) is 0.630. The Labute approximate surface area is 111 Å². The summed E-state index contributed by atoms with van der Waals surface area (Å²) in [5.41, 5.74) is 0. The molecule has 0 spiro atoms. The van der Waals surface area contributed by atoms with Crippen LogP contribution in [0.1, 0.15) is 32.6 Å². The van der Waals surface area contributed by atoms with Crippen LogP contribution in [0, 0.1) is 0 Å². The monoisotopic (exact) mass is 277 g/mol. The Hall–Kier alpha value is -0.170. The summed E-state index contributed by atoms with van der Waals surface area (Å²) in [6, 6.07) is 0.608. The lowest BCUT2D eigenvalue weighted by atomic mass is 10.0. The van der Waals surface area contributed by atoms with Crippen molar-refractivity contribution in [2.45, 2.75) is 38.6 Å². The number of hydrogen-bond acceptors (Lipinski definition) is 4. The van der Waals surface area contributed by atoms with E-state index in [0.29, 0.717) is 12.6 Å². The maximum atomic E-state index is 10.9. The zero-order valence-electron chi connectivity index (χ0n) is 11.6. The lowest BCUT2D eigenvalue weighted by Gasteiger charge is -2.32. The van der Waals surface area contributed by atoms with Crippen molar-refractivity contribution in [3.05, 3.63) is 0 Å². The predicted molar refractivity (Wildman–Crippen MR) is 75.2 cm³/mol. The van der Waals surface area contributed by atoms with Gasteiger partial charge in [0.1, 0.15) is 0 Å². The normalized spacial score (nSPS) is 19.2. The van der Waals surface area contributed by atoms with Gasteiger partial charge in [0.25, 0.3) is 0 Å². The highest BCUT2D eigenvalue weighted by Crippen LogP contribution is 2.10. The molecule has 0 radical (unpaired) electrons. The largest absolute Gasteiger partial charge is 0.314 e. The van der Waals surface area contributed by atoms with Crippen LogP contribution in [-0.2, 0) is 10.0 Å². The standard InChI is InChI=1S/C12H27N3O2S/c1-3-9-15-10-5-12(6-11-15)13-7-4-8-14-18(2,16)17/h12-14H,3-11H2,1-2H3. The zero-order valence-corrected chi connectivity index (χ0v) is 12.4. The van der Waals surface area contributed by atoms with Crippen LogP contribution in [0.15, 0.2) is 0 Å². The number of piperidine rings is 1. The van der Waals surface area contributed by atoms with E-state index in [2.05, 4.69) is 21.9 Å². The van der Waals surface area contributed by atoms with Crippen molar-refractivity contribution >= 4 is 10.0 Å². The molecule has 0 saturated carbocycles. The molecule has 1 fully saturated rings. The number of nitrogens with one attached hydrogen (secondary N) is 2. The van der Waals surface area contributed by atoms with Crippen LogP contribution in [0.25, 0.3) is 0 Å². The van der Waals surface area contributed by atoms with Gasteiger partial charge in [0.15, 0.2) is 0 Å². The summed E-state index contributed by atoms with van der Waals surface area (Å²) in [7, 11) is -3.03. The minimum absolute atomic E-state index is 0.528. The fraction of sp³-hybridized carbons (Fsp3) is 1.00. The average molecular weight is 277 g/mol. The molecule has 0 aromatic carbocycles. The van der Waals surface area contributed by atoms with Crippen LogP contribution in [-0.4, -0.2) is 58.3 Å². The molecule has 108 valence electrons. The summed E-state index contributed by atoms with van der Waals surface area (Å²) in [6.45, 7) is 7.23. The first kappa shape index (κ1) is 15.9. The van der Waals surface area contributed by atoms with Crippen molar-refractivity contribution in [1.82, 2.24) is 14.9 Å². The lowest BCUT2D eigenvalue weighted by molar-refractivity contribution is 0.198. The van der Waals surface area contributed by atoms with E-state index in [-0.39, 0.29) is 0 Å². The Morgan fingerprint density at radius 3 is 2.44 bits per heavy atom. The summed E-state index contributed by atoms with van der Waals surface area (Å²) >= 11 is 0. The molecule has 0 aromatic rings. The van der Waals surface area contributed by atoms with E-state index < -0.39 is 10.0 Å². The lowest BCUT2D eigenvalue weighted by Crippen LogP contribution is -2.43. The summed E-state index contributed by atoms with van der Waals surface area (Å²) in [5.74, 6) is 0. The van der Waals surface area contributed by atoms with Crippen LogP contribution in [0.2, 0.25) is 0 Å².